The van der Waals surface area contributed by atoms with Crippen LogP contribution >= 0.6 is 0 Å². The van der Waals surface area contributed by atoms with E-state index in [1.165, 1.54) is 14.0 Å². The minimum Gasteiger partial charge on any atom is -0.668 e. The number of ketones is 1. The van der Waals surface area contributed by atoms with E-state index in [0.29, 0.717) is 0 Å². The summed E-state index contributed by atoms with van der Waals surface area (Å²) in [6.07, 6.45) is 1.71. The van der Waals surface area contributed by atoms with Crippen LogP contribution in [0.3, 0.4) is 0 Å². The van der Waals surface area contributed by atoms with Crippen LogP contribution in [0.4, 0.5) is 0 Å². The molecule has 0 fully saturated rings. The Morgan fingerprint density at radius 1 is 1.35 bits per heavy atom. The number of ether oxygens (including phenoxy) is 1. The molecule has 0 rings (SSSR count). The second-order valence-electron chi connectivity index (χ2n) is 4.30. The molecule has 0 aromatic carbocycles. The molecule has 6 heteroatoms. The van der Waals surface area contributed by atoms with Crippen LogP contribution in [-0.2, 0) is 51.8 Å². The van der Waals surface area contributed by atoms with E-state index < -0.39 is 12.0 Å². The first-order valence-electron chi connectivity index (χ1n) is 4.81. The molecule has 17 heavy (non-hydrogen) atoms. The molecule has 0 bridgehead atoms. The number of nitrogens with one attached hydrogen (secondary N) is 1. The van der Waals surface area contributed by atoms with Gasteiger partial charge in [0.2, 0.25) is 0 Å². The molecule has 0 aliphatic rings. The fourth-order valence-corrected chi connectivity index (χ4v) is 0.394. The van der Waals surface area contributed by atoms with Crippen molar-refractivity contribution in [1.29, 1.82) is 0 Å². The zero-order chi connectivity index (χ0) is 13.4. The molecule has 0 saturated carbocycles. The number of Topliss-reactive ketones (excluding diaryl/α,β-unsaturated/α-hetero) is 1. The largest absolute Gasteiger partial charge is 0.668 e. The van der Waals surface area contributed by atoms with E-state index in [1.54, 1.807) is 0 Å². The molecule has 0 spiro atoms. The van der Waals surface area contributed by atoms with Crippen molar-refractivity contribution in [2.45, 2.75) is 40.2 Å². The van der Waals surface area contributed by atoms with Gasteiger partial charge in [0, 0.05) is 39.1 Å². The summed E-state index contributed by atoms with van der Waals surface area (Å²) in [5.41, 5.74) is 6.75. The Labute approximate surface area is 128 Å². The third kappa shape index (κ3) is 18.4. The number of hydrogen-bond donors (Lipinski definition) is 0. The molecule has 0 saturated heterocycles. The summed E-state index contributed by atoms with van der Waals surface area (Å²) in [5, 5.41) is 0. The smallest absolute Gasteiger partial charge is 0.304 e. The molecule has 0 heterocycles. The summed E-state index contributed by atoms with van der Waals surface area (Å²) >= 11 is 0. The van der Waals surface area contributed by atoms with E-state index in [-0.39, 0.29) is 50.3 Å². The van der Waals surface area contributed by atoms with E-state index >= 15 is 0 Å². The average molecular weight is 318 g/mol. The number of methoxy groups -OCH3 is 1. The zero-order valence-electron chi connectivity index (χ0n) is 11.0. The van der Waals surface area contributed by atoms with Crippen molar-refractivity contribution >= 4 is 18.0 Å². The second-order valence-corrected chi connectivity index (χ2v) is 4.30. The van der Waals surface area contributed by atoms with Crippen molar-refractivity contribution in [1.82, 2.24) is 0 Å². The molecule has 0 aliphatic carbocycles. The molecular formula is C11H19NO4Y-2. The minimum atomic E-state index is -0.965. The van der Waals surface area contributed by atoms with Gasteiger partial charge in [-0.1, -0.05) is 26.8 Å². The Morgan fingerprint density at radius 2 is 1.71 bits per heavy atom. The predicted octanol–water partition coefficient (Wildman–Crippen LogP) is 1.70. The molecule has 0 aliphatic heterocycles. The predicted molar refractivity (Wildman–Crippen MR) is 60.6 cm³/mol. The first-order valence-corrected chi connectivity index (χ1v) is 4.81. The van der Waals surface area contributed by atoms with Crippen LogP contribution in [0, 0.1) is 5.41 Å². The monoisotopic (exact) mass is 318 g/mol. The van der Waals surface area contributed by atoms with Gasteiger partial charge in [-0.05, 0) is 6.92 Å². The summed E-state index contributed by atoms with van der Waals surface area (Å²) < 4.78 is 4.26. The molecular weight excluding hydrogens is 299 g/mol. The normalized spacial score (nSPS) is 11.2. The maximum atomic E-state index is 10.4. The van der Waals surface area contributed by atoms with Gasteiger partial charge in [0.05, 0.1) is 7.11 Å². The fourth-order valence-electron chi connectivity index (χ4n) is 0.394. The van der Waals surface area contributed by atoms with Crippen molar-refractivity contribution < 1.29 is 51.8 Å². The van der Waals surface area contributed by atoms with Gasteiger partial charge in [0.25, 0.3) is 0 Å². The Balaban J connectivity index is -0.000000244. The van der Waals surface area contributed by atoms with Crippen molar-refractivity contribution in [3.05, 3.63) is 5.73 Å². The van der Waals surface area contributed by atoms with Gasteiger partial charge in [0.1, 0.15) is 5.78 Å². The number of rotatable bonds is 3. The molecule has 0 aromatic rings. The van der Waals surface area contributed by atoms with Gasteiger partial charge in [-0.15, -0.1) is 5.41 Å². The van der Waals surface area contributed by atoms with Crippen LogP contribution in [-0.4, -0.2) is 31.2 Å². The summed E-state index contributed by atoms with van der Waals surface area (Å²) in [6.45, 7) is 6.74. The van der Waals surface area contributed by atoms with Crippen LogP contribution in [0.2, 0.25) is 0 Å². The molecule has 0 amide bonds. The number of carbonyl (C=O) groups excluding carboxylic acids is 3. The van der Waals surface area contributed by atoms with Gasteiger partial charge in [-0.2, -0.15) is 0 Å². The van der Waals surface area contributed by atoms with E-state index in [4.69, 9.17) is 5.73 Å². The van der Waals surface area contributed by atoms with Crippen LogP contribution in [0.1, 0.15) is 34.1 Å². The molecule has 1 unspecified atom stereocenters. The van der Waals surface area contributed by atoms with Crippen molar-refractivity contribution in [2.75, 3.05) is 7.11 Å². The summed E-state index contributed by atoms with van der Waals surface area (Å²) in [6, 6.07) is -0.965. The van der Waals surface area contributed by atoms with Crippen LogP contribution in [0.25, 0.3) is 5.73 Å². The molecule has 1 atom stereocenters. The summed E-state index contributed by atoms with van der Waals surface area (Å²) in [7, 11) is 1.23. The SMILES string of the molecule is CC(C)(C)[C-]=O.COC(=O)CC([NH-])C(C)=O.[Y]. The molecule has 5 nitrogen and oxygen atoms in total. The fraction of sp³-hybridized carbons (Fsp3) is 0.727. The minimum absolute atomic E-state index is 0. The van der Waals surface area contributed by atoms with Crippen LogP contribution in [0.5, 0.6) is 0 Å². The van der Waals surface area contributed by atoms with Crippen LogP contribution in [0.15, 0.2) is 0 Å². The Hall–Kier alpha value is -0.126. The Bertz CT molecular complexity index is 248. The first kappa shape index (κ1) is 22.1. The maximum absolute atomic E-state index is 10.4. The molecule has 1 radical (unpaired) electrons. The number of carbonyl (C=O) groups is 2. The van der Waals surface area contributed by atoms with Gasteiger partial charge >= 0.3 is 5.97 Å². The third-order valence-corrected chi connectivity index (χ3v) is 1.40. The molecule has 97 valence electrons. The van der Waals surface area contributed by atoms with Crippen molar-refractivity contribution in [3.8, 4) is 0 Å². The molecule has 1 N–H and O–H groups in total. The van der Waals surface area contributed by atoms with Gasteiger partial charge in [-0.3, -0.25) is 11.1 Å². The quantitative estimate of drug-likeness (QED) is 0.585. The number of esters is 1. The van der Waals surface area contributed by atoms with E-state index in [2.05, 4.69) is 4.74 Å². The van der Waals surface area contributed by atoms with E-state index in [1.807, 2.05) is 27.1 Å². The van der Waals surface area contributed by atoms with Crippen molar-refractivity contribution in [3.63, 3.8) is 0 Å². The Morgan fingerprint density at radius 3 is 1.88 bits per heavy atom. The van der Waals surface area contributed by atoms with Gasteiger partial charge in [-0.25, -0.2) is 0 Å². The second kappa shape index (κ2) is 11.0. The van der Waals surface area contributed by atoms with Gasteiger partial charge in [0.15, 0.2) is 0 Å². The van der Waals surface area contributed by atoms with E-state index in [0.717, 1.165) is 0 Å². The maximum Gasteiger partial charge on any atom is 0.304 e. The summed E-state index contributed by atoms with van der Waals surface area (Å²) in [5.74, 6) is -0.833. The first-order chi connectivity index (χ1) is 7.14. The molecule has 0 aromatic heterocycles. The third-order valence-electron chi connectivity index (χ3n) is 1.40. The van der Waals surface area contributed by atoms with Crippen molar-refractivity contribution in [2.24, 2.45) is 5.41 Å². The van der Waals surface area contributed by atoms with Gasteiger partial charge < -0.3 is 20.1 Å². The zero-order valence-corrected chi connectivity index (χ0v) is 13.8. The average Bonchev–Trinajstić information content (AvgIpc) is 2.17. The van der Waals surface area contributed by atoms with Crippen LogP contribution < -0.4 is 0 Å². The summed E-state index contributed by atoms with van der Waals surface area (Å²) in [4.78, 5) is 30.5. The number of hydrogen-bond acceptors (Lipinski definition) is 4. The topological polar surface area (TPSA) is 84.2 Å². The standard InChI is InChI=1S/C6H10NO3.C5H9O.Y/c1-4(8)5(7)3-6(9)10-2;1-5(2,3)4-6;/h5,7H,3H2,1-2H3;1-3H3;/q2*-1;. The van der Waals surface area contributed by atoms with E-state index in [9.17, 15) is 14.4 Å². The Kier molecular flexibility index (Phi) is 14.3.